The Morgan fingerprint density at radius 1 is 1.48 bits per heavy atom. The Bertz CT molecular complexity index is 813. The molecule has 1 unspecified atom stereocenters. The largest absolute Gasteiger partial charge is 0.468 e. The number of ether oxygens (including phenoxy) is 2. The summed E-state index contributed by atoms with van der Waals surface area (Å²) in [6.45, 7) is 9.47. The number of amidine groups is 1. The highest BCUT2D eigenvalue weighted by Gasteiger charge is 2.35. The fraction of sp³-hybridized carbons (Fsp3) is 0.368. The smallest absolute Gasteiger partial charge is 0.338 e. The molecular weight excluding hydrogens is 350 g/mol. The molecular formula is C19H23N3O5. The third kappa shape index (κ3) is 4.33. The molecule has 0 N–H and O–H groups in total. The number of methoxy groups -OCH3 is 1. The summed E-state index contributed by atoms with van der Waals surface area (Å²) in [7, 11) is 1.48. The van der Waals surface area contributed by atoms with Gasteiger partial charge in [0.25, 0.3) is 11.7 Å². The van der Waals surface area contributed by atoms with Gasteiger partial charge in [-0.3, -0.25) is 10.1 Å². The van der Waals surface area contributed by atoms with Crippen molar-refractivity contribution in [1.29, 1.82) is 0 Å². The summed E-state index contributed by atoms with van der Waals surface area (Å²) < 4.78 is 10.8. The zero-order valence-corrected chi connectivity index (χ0v) is 15.8. The highest BCUT2D eigenvalue weighted by molar-refractivity contribution is 6.03. The summed E-state index contributed by atoms with van der Waals surface area (Å²) in [5.41, 5.74) is 0.965. The van der Waals surface area contributed by atoms with E-state index in [1.807, 2.05) is 6.92 Å². The normalized spacial score (nSPS) is 16.9. The van der Waals surface area contributed by atoms with E-state index in [-0.39, 0.29) is 11.8 Å². The van der Waals surface area contributed by atoms with E-state index in [0.717, 1.165) is 0 Å². The zero-order chi connectivity index (χ0) is 20.1. The molecule has 1 atom stereocenters. The van der Waals surface area contributed by atoms with Crippen LogP contribution in [0.5, 0.6) is 0 Å². The van der Waals surface area contributed by atoms with Gasteiger partial charge in [-0.2, -0.15) is 4.99 Å². The maximum Gasteiger partial charge on any atom is 0.338 e. The quantitative estimate of drug-likeness (QED) is 0.329. The minimum absolute atomic E-state index is 0.0908. The van der Waals surface area contributed by atoms with Crippen molar-refractivity contribution in [1.82, 2.24) is 4.90 Å². The lowest BCUT2D eigenvalue weighted by Crippen LogP contribution is -2.45. The number of non-ortho nitro benzene ring substituents is 1. The van der Waals surface area contributed by atoms with Crippen molar-refractivity contribution in [3.8, 4) is 0 Å². The average molecular weight is 373 g/mol. The number of nitro benzene ring substituents is 1. The molecule has 8 heteroatoms. The number of benzene rings is 1. The second-order valence-electron chi connectivity index (χ2n) is 6.24. The first kappa shape index (κ1) is 20.2. The van der Waals surface area contributed by atoms with Crippen LogP contribution in [0.25, 0.3) is 5.70 Å². The van der Waals surface area contributed by atoms with Gasteiger partial charge in [-0.15, -0.1) is 6.58 Å². The Labute approximate surface area is 157 Å². The Morgan fingerprint density at radius 3 is 2.74 bits per heavy atom. The highest BCUT2D eigenvalue weighted by Crippen LogP contribution is 2.32. The lowest BCUT2D eigenvalue weighted by atomic mass is 9.98. The Morgan fingerprint density at radius 2 is 2.19 bits per heavy atom. The van der Waals surface area contributed by atoms with Gasteiger partial charge in [-0.25, -0.2) is 4.79 Å². The van der Waals surface area contributed by atoms with Crippen molar-refractivity contribution in [2.45, 2.75) is 32.9 Å². The first-order valence-electron chi connectivity index (χ1n) is 8.50. The second-order valence-corrected chi connectivity index (χ2v) is 6.24. The van der Waals surface area contributed by atoms with Crippen molar-refractivity contribution in [3.63, 3.8) is 0 Å². The predicted octanol–water partition coefficient (Wildman–Crippen LogP) is 3.15. The molecule has 2 rings (SSSR count). The van der Waals surface area contributed by atoms with Crippen LogP contribution in [-0.4, -0.2) is 47.6 Å². The summed E-state index contributed by atoms with van der Waals surface area (Å²) in [6.07, 6.45) is 1.36. The van der Waals surface area contributed by atoms with Gasteiger partial charge < -0.3 is 14.4 Å². The van der Waals surface area contributed by atoms with E-state index in [1.54, 1.807) is 37.0 Å². The maximum atomic E-state index is 12.8. The minimum Gasteiger partial charge on any atom is -0.468 e. The molecule has 0 aliphatic carbocycles. The zero-order valence-electron chi connectivity index (χ0n) is 15.8. The molecule has 0 saturated heterocycles. The minimum atomic E-state index is -0.521. The molecule has 0 spiro atoms. The molecule has 27 heavy (non-hydrogen) atoms. The second kappa shape index (κ2) is 8.48. The predicted molar refractivity (Wildman–Crippen MR) is 102 cm³/mol. The molecule has 144 valence electrons. The molecule has 0 saturated carbocycles. The summed E-state index contributed by atoms with van der Waals surface area (Å²) in [5, 5.41) is 11.1. The van der Waals surface area contributed by atoms with Crippen molar-refractivity contribution in [3.05, 3.63) is 58.2 Å². The van der Waals surface area contributed by atoms with E-state index in [1.165, 1.54) is 19.2 Å². The van der Waals surface area contributed by atoms with Crippen LogP contribution in [0, 0.1) is 10.1 Å². The molecule has 1 aliphatic rings. The van der Waals surface area contributed by atoms with E-state index >= 15 is 0 Å². The number of nitrogens with zero attached hydrogens (tertiary/aromatic N) is 3. The number of rotatable bonds is 6. The van der Waals surface area contributed by atoms with Gasteiger partial charge in [0.15, 0.2) is 0 Å². The summed E-state index contributed by atoms with van der Waals surface area (Å²) >= 11 is 0. The van der Waals surface area contributed by atoms with Gasteiger partial charge in [-0.05, 0) is 20.8 Å². The lowest BCUT2D eigenvalue weighted by molar-refractivity contribution is -0.384. The number of carbonyl (C=O) groups is 1. The molecule has 0 amide bonds. The van der Waals surface area contributed by atoms with Gasteiger partial charge in [0.05, 0.1) is 35.4 Å². The van der Waals surface area contributed by atoms with Gasteiger partial charge in [0, 0.05) is 24.2 Å². The van der Waals surface area contributed by atoms with Crippen LogP contribution >= 0.6 is 0 Å². The number of hydrogen-bond acceptors (Lipinski definition) is 7. The van der Waals surface area contributed by atoms with Crippen LogP contribution in [0.4, 0.5) is 5.69 Å². The van der Waals surface area contributed by atoms with Crippen LogP contribution in [-0.2, 0) is 14.3 Å². The number of carbonyl (C=O) groups excluding carboxylic acids is 1. The summed E-state index contributed by atoms with van der Waals surface area (Å²) in [5.74, 6) is -0.521. The van der Waals surface area contributed by atoms with Crippen LogP contribution in [0.15, 0.2) is 47.5 Å². The Hall–Kier alpha value is -3.16. The van der Waals surface area contributed by atoms with E-state index in [0.29, 0.717) is 29.4 Å². The van der Waals surface area contributed by atoms with Crippen molar-refractivity contribution >= 4 is 23.4 Å². The molecule has 0 radical (unpaired) electrons. The van der Waals surface area contributed by atoms with Gasteiger partial charge >= 0.3 is 5.97 Å². The highest BCUT2D eigenvalue weighted by atomic mass is 16.6. The van der Waals surface area contributed by atoms with Crippen LogP contribution < -0.4 is 0 Å². The molecule has 8 nitrogen and oxygen atoms in total. The fourth-order valence-electron chi connectivity index (χ4n) is 2.81. The number of nitro groups is 1. The Kier molecular flexibility index (Phi) is 6.33. The van der Waals surface area contributed by atoms with Crippen LogP contribution in [0.2, 0.25) is 0 Å². The van der Waals surface area contributed by atoms with E-state index < -0.39 is 16.9 Å². The molecule has 1 aromatic rings. The molecule has 1 heterocycles. The molecule has 1 aromatic carbocycles. The van der Waals surface area contributed by atoms with E-state index in [9.17, 15) is 14.9 Å². The lowest BCUT2D eigenvalue weighted by Gasteiger charge is -2.35. The van der Waals surface area contributed by atoms with Crippen LogP contribution in [0.1, 0.15) is 26.3 Å². The molecule has 1 aliphatic heterocycles. The summed E-state index contributed by atoms with van der Waals surface area (Å²) in [6, 6.07) is 5.85. The topological polar surface area (TPSA) is 94.3 Å². The van der Waals surface area contributed by atoms with E-state index in [2.05, 4.69) is 11.6 Å². The first-order chi connectivity index (χ1) is 12.8. The third-order valence-electron chi connectivity index (χ3n) is 3.99. The standard InChI is InChI=1S/C19H23N3O5/c1-6-10-21-13(4)16(18(23)27-12(2)3)17(20-19(21)26-5)14-8-7-9-15(11-14)22(24)25/h6-9,11-13H,1,10H2,2-5H3. The Balaban J connectivity index is 2.67. The monoisotopic (exact) mass is 373 g/mol. The number of esters is 1. The summed E-state index contributed by atoms with van der Waals surface area (Å²) in [4.78, 5) is 29.7. The molecule has 0 fully saturated rings. The fourth-order valence-corrected chi connectivity index (χ4v) is 2.81. The molecule has 0 aromatic heterocycles. The number of aliphatic imine (C=N–C) groups is 1. The molecule has 0 bridgehead atoms. The third-order valence-corrected chi connectivity index (χ3v) is 3.99. The van der Waals surface area contributed by atoms with Crippen molar-refractivity contribution < 1.29 is 19.2 Å². The van der Waals surface area contributed by atoms with Gasteiger partial charge in [0.1, 0.15) is 0 Å². The average Bonchev–Trinajstić information content (AvgIpc) is 2.62. The van der Waals surface area contributed by atoms with Crippen molar-refractivity contribution in [2.24, 2.45) is 4.99 Å². The SMILES string of the molecule is C=CCN1C(OC)=NC(c2cccc([N+](=O)[O-])c2)=C(C(=O)OC(C)C)C1C. The van der Waals surface area contributed by atoms with Gasteiger partial charge in [-0.1, -0.05) is 18.2 Å². The van der Waals surface area contributed by atoms with Crippen molar-refractivity contribution in [2.75, 3.05) is 13.7 Å². The first-order valence-corrected chi connectivity index (χ1v) is 8.50. The number of hydrogen-bond donors (Lipinski definition) is 0. The van der Waals surface area contributed by atoms with Gasteiger partial charge in [0.2, 0.25) is 0 Å². The maximum absolute atomic E-state index is 12.8. The van der Waals surface area contributed by atoms with Crippen LogP contribution in [0.3, 0.4) is 0 Å². The van der Waals surface area contributed by atoms with E-state index in [4.69, 9.17) is 9.47 Å².